The lowest BCUT2D eigenvalue weighted by Gasteiger charge is -2.12. The smallest absolute Gasteiger partial charge is 0.248 e. The van der Waals surface area contributed by atoms with Gasteiger partial charge in [-0.2, -0.15) is 5.26 Å². The average Bonchev–Trinajstić information content (AvgIpc) is 2.71. The van der Waals surface area contributed by atoms with Crippen molar-refractivity contribution in [2.24, 2.45) is 0 Å². The Morgan fingerprint density at radius 1 is 1.21 bits per heavy atom. The average molecular weight is 415 g/mol. The van der Waals surface area contributed by atoms with Gasteiger partial charge in [-0.15, -0.1) is 0 Å². The zero-order chi connectivity index (χ0) is 21.4. The maximum atomic E-state index is 12.2. The number of carbonyl (C=O) groups is 1. The maximum Gasteiger partial charge on any atom is 0.248 e. The highest BCUT2D eigenvalue weighted by Crippen LogP contribution is 2.28. The fourth-order valence-corrected chi connectivity index (χ4v) is 3.27. The van der Waals surface area contributed by atoms with Gasteiger partial charge >= 0.3 is 0 Å². The fraction of sp³-hybridized carbons (Fsp3) is 0.200. The third-order valence-electron chi connectivity index (χ3n) is 3.79. The van der Waals surface area contributed by atoms with Crippen LogP contribution in [-0.4, -0.2) is 46.4 Å². The number of anilines is 1. The largest absolute Gasteiger partial charge is 0.493 e. The first kappa shape index (κ1) is 21.9. The Kier molecular flexibility index (Phi) is 7.36. The van der Waals surface area contributed by atoms with Gasteiger partial charge in [-0.1, -0.05) is 12.1 Å². The van der Waals surface area contributed by atoms with E-state index in [1.165, 1.54) is 39.4 Å². The third kappa shape index (κ3) is 5.81. The molecule has 2 rings (SSSR count). The summed E-state index contributed by atoms with van der Waals surface area (Å²) in [6, 6.07) is 12.9. The topological polar surface area (TPSA) is 109 Å². The van der Waals surface area contributed by atoms with E-state index >= 15 is 0 Å². The van der Waals surface area contributed by atoms with Crippen LogP contribution in [0.3, 0.4) is 0 Å². The predicted molar refractivity (Wildman–Crippen MR) is 109 cm³/mol. The van der Waals surface area contributed by atoms with Crippen molar-refractivity contribution in [2.45, 2.75) is 4.90 Å². The first-order chi connectivity index (χ1) is 13.8. The molecule has 0 aliphatic rings. The zero-order valence-corrected chi connectivity index (χ0v) is 17.1. The summed E-state index contributed by atoms with van der Waals surface area (Å²) in [5.41, 5.74) is 1.05. The first-order valence-corrected chi connectivity index (χ1v) is 9.91. The molecule has 9 heteroatoms. The standard InChI is InChI=1S/C20H21N3O5S/c1-23(2)29(25,26)17-6-4-5-16(14-17)22-20(24)10-8-15-7-9-18(28-12-11-21)19(13-15)27-3/h4-10,13-14H,12H2,1-3H3,(H,22,24)/b10-8+. The van der Waals surface area contributed by atoms with Crippen LogP contribution >= 0.6 is 0 Å². The highest BCUT2D eigenvalue weighted by molar-refractivity contribution is 7.89. The molecule has 2 aromatic carbocycles. The number of sulfonamides is 1. The van der Waals surface area contributed by atoms with Gasteiger partial charge in [0.25, 0.3) is 0 Å². The summed E-state index contributed by atoms with van der Waals surface area (Å²) in [6.45, 7) is -0.101. The molecule has 2 aromatic rings. The number of nitrogens with zero attached hydrogens (tertiary/aromatic N) is 2. The second kappa shape index (κ2) is 9.73. The number of methoxy groups -OCH3 is 1. The minimum atomic E-state index is -3.59. The van der Waals surface area contributed by atoms with Crippen molar-refractivity contribution in [1.29, 1.82) is 5.26 Å². The number of amides is 1. The number of nitrogens with one attached hydrogen (secondary N) is 1. The Labute approximate surface area is 170 Å². The van der Waals surface area contributed by atoms with Crippen LogP contribution in [0.4, 0.5) is 5.69 Å². The van der Waals surface area contributed by atoms with E-state index < -0.39 is 15.9 Å². The van der Waals surface area contributed by atoms with Crippen LogP contribution in [-0.2, 0) is 14.8 Å². The van der Waals surface area contributed by atoms with E-state index in [1.807, 2.05) is 6.07 Å². The van der Waals surface area contributed by atoms with Crippen LogP contribution in [0.25, 0.3) is 6.08 Å². The van der Waals surface area contributed by atoms with Gasteiger partial charge in [0.1, 0.15) is 6.07 Å². The second-order valence-electron chi connectivity index (χ2n) is 5.99. The molecular formula is C20H21N3O5S. The predicted octanol–water partition coefficient (Wildman–Crippen LogP) is 2.50. The molecule has 0 saturated carbocycles. The van der Waals surface area contributed by atoms with Crippen molar-refractivity contribution in [3.8, 4) is 17.6 Å². The van der Waals surface area contributed by atoms with Crippen LogP contribution < -0.4 is 14.8 Å². The molecule has 0 unspecified atom stereocenters. The number of carbonyl (C=O) groups excluding carboxylic acids is 1. The summed E-state index contributed by atoms with van der Waals surface area (Å²) < 4.78 is 36.0. The zero-order valence-electron chi connectivity index (χ0n) is 16.2. The Bertz CT molecular complexity index is 1060. The van der Waals surface area contributed by atoms with Crippen molar-refractivity contribution >= 4 is 27.7 Å². The van der Waals surface area contributed by atoms with E-state index in [-0.39, 0.29) is 11.5 Å². The van der Waals surface area contributed by atoms with Crippen LogP contribution in [0.15, 0.2) is 53.4 Å². The summed E-state index contributed by atoms with van der Waals surface area (Å²) in [5.74, 6) is 0.437. The Balaban J connectivity index is 2.12. The molecule has 29 heavy (non-hydrogen) atoms. The number of hydrogen-bond donors (Lipinski definition) is 1. The van der Waals surface area contributed by atoms with Crippen LogP contribution in [0.5, 0.6) is 11.5 Å². The highest BCUT2D eigenvalue weighted by Gasteiger charge is 2.17. The molecule has 0 saturated heterocycles. The molecule has 0 bridgehead atoms. The van der Waals surface area contributed by atoms with Gasteiger partial charge in [0.05, 0.1) is 12.0 Å². The van der Waals surface area contributed by atoms with E-state index in [0.717, 1.165) is 4.31 Å². The fourth-order valence-electron chi connectivity index (χ4n) is 2.32. The van der Waals surface area contributed by atoms with E-state index in [9.17, 15) is 13.2 Å². The van der Waals surface area contributed by atoms with Crippen LogP contribution in [0, 0.1) is 11.3 Å². The van der Waals surface area contributed by atoms with Crippen molar-refractivity contribution in [2.75, 3.05) is 33.1 Å². The monoisotopic (exact) mass is 415 g/mol. The quantitative estimate of drug-likeness (QED) is 0.664. The molecule has 0 spiro atoms. The van der Waals surface area contributed by atoms with Crippen molar-refractivity contribution in [3.63, 3.8) is 0 Å². The molecule has 0 heterocycles. The van der Waals surface area contributed by atoms with E-state index in [0.29, 0.717) is 22.7 Å². The van der Waals surface area contributed by atoms with Gasteiger partial charge in [-0.3, -0.25) is 4.79 Å². The molecule has 152 valence electrons. The third-order valence-corrected chi connectivity index (χ3v) is 5.60. The molecule has 8 nitrogen and oxygen atoms in total. The summed E-state index contributed by atoms with van der Waals surface area (Å²) in [7, 11) is 0.762. The number of benzene rings is 2. The van der Waals surface area contributed by atoms with E-state index in [1.54, 1.807) is 36.4 Å². The summed E-state index contributed by atoms with van der Waals surface area (Å²) >= 11 is 0. The van der Waals surface area contributed by atoms with Crippen molar-refractivity contribution < 1.29 is 22.7 Å². The van der Waals surface area contributed by atoms with Gasteiger partial charge in [0, 0.05) is 25.9 Å². The van der Waals surface area contributed by atoms with Crippen molar-refractivity contribution in [1.82, 2.24) is 4.31 Å². The molecule has 0 aliphatic heterocycles. The molecule has 0 atom stereocenters. The number of nitriles is 1. The Morgan fingerprint density at radius 3 is 2.62 bits per heavy atom. The molecule has 0 aliphatic carbocycles. The number of hydrogen-bond acceptors (Lipinski definition) is 6. The van der Waals surface area contributed by atoms with Crippen LogP contribution in [0.2, 0.25) is 0 Å². The normalized spacial score (nSPS) is 11.3. The first-order valence-electron chi connectivity index (χ1n) is 8.47. The second-order valence-corrected chi connectivity index (χ2v) is 8.15. The lowest BCUT2D eigenvalue weighted by Crippen LogP contribution is -2.22. The summed E-state index contributed by atoms with van der Waals surface area (Å²) in [5, 5.41) is 11.2. The molecule has 1 amide bonds. The number of ether oxygens (including phenoxy) is 2. The molecule has 0 radical (unpaired) electrons. The van der Waals surface area contributed by atoms with Gasteiger partial charge < -0.3 is 14.8 Å². The summed E-state index contributed by atoms with van der Waals surface area (Å²) in [4.78, 5) is 12.3. The van der Waals surface area contributed by atoms with Gasteiger partial charge in [-0.25, -0.2) is 12.7 Å². The number of rotatable bonds is 8. The Hall–Kier alpha value is -3.35. The van der Waals surface area contributed by atoms with E-state index in [2.05, 4.69) is 5.32 Å². The van der Waals surface area contributed by atoms with Crippen LogP contribution in [0.1, 0.15) is 5.56 Å². The maximum absolute atomic E-state index is 12.2. The molecule has 1 N–H and O–H groups in total. The lowest BCUT2D eigenvalue weighted by atomic mass is 10.2. The molecular weight excluding hydrogens is 394 g/mol. The van der Waals surface area contributed by atoms with E-state index in [4.69, 9.17) is 14.7 Å². The SMILES string of the molecule is COc1cc(/C=C/C(=O)Nc2cccc(S(=O)(=O)N(C)C)c2)ccc1OCC#N. The lowest BCUT2D eigenvalue weighted by molar-refractivity contribution is -0.111. The van der Waals surface area contributed by atoms with Gasteiger partial charge in [0.2, 0.25) is 15.9 Å². The minimum absolute atomic E-state index is 0.0852. The Morgan fingerprint density at radius 2 is 1.97 bits per heavy atom. The van der Waals surface area contributed by atoms with Gasteiger partial charge in [-0.05, 0) is 42.0 Å². The van der Waals surface area contributed by atoms with Gasteiger partial charge in [0.15, 0.2) is 18.1 Å². The molecule has 0 aromatic heterocycles. The summed E-state index contributed by atoms with van der Waals surface area (Å²) in [6.07, 6.45) is 2.89. The van der Waals surface area contributed by atoms with Crippen molar-refractivity contribution in [3.05, 3.63) is 54.1 Å². The highest BCUT2D eigenvalue weighted by atomic mass is 32.2. The minimum Gasteiger partial charge on any atom is -0.493 e. The molecule has 0 fully saturated rings.